The lowest BCUT2D eigenvalue weighted by Gasteiger charge is -2.06. The van der Waals surface area contributed by atoms with E-state index in [0.717, 1.165) is 16.1 Å². The van der Waals surface area contributed by atoms with Gasteiger partial charge in [0.25, 0.3) is 11.5 Å². The van der Waals surface area contributed by atoms with Gasteiger partial charge in [0.1, 0.15) is 12.0 Å². The van der Waals surface area contributed by atoms with Gasteiger partial charge in [-0.1, -0.05) is 0 Å². The predicted octanol–water partition coefficient (Wildman–Crippen LogP) is 0.378. The highest BCUT2D eigenvalue weighted by Crippen LogP contribution is 2.38. The Balaban J connectivity index is 1.66. The average Bonchev–Trinajstić information content (AvgIpc) is 3.32. The number of hydrogen-bond acceptors (Lipinski definition) is 5. The van der Waals surface area contributed by atoms with E-state index in [2.05, 4.69) is 20.4 Å². The Labute approximate surface area is 121 Å². The molecule has 1 aliphatic carbocycles. The molecule has 2 aromatic heterocycles. The zero-order valence-corrected chi connectivity index (χ0v) is 11.6. The summed E-state index contributed by atoms with van der Waals surface area (Å²) in [5.41, 5.74) is 1.75. The second-order valence-electron chi connectivity index (χ2n) is 5.07. The van der Waals surface area contributed by atoms with E-state index in [-0.39, 0.29) is 17.2 Å². The van der Waals surface area contributed by atoms with Crippen molar-refractivity contribution in [2.75, 3.05) is 0 Å². The third-order valence-electron chi connectivity index (χ3n) is 3.36. The molecule has 7 heteroatoms. The van der Waals surface area contributed by atoms with E-state index in [0.29, 0.717) is 12.5 Å². The first-order valence-corrected chi connectivity index (χ1v) is 6.77. The van der Waals surface area contributed by atoms with Crippen molar-refractivity contribution in [3.63, 3.8) is 0 Å². The average molecular weight is 285 g/mol. The Morgan fingerprint density at radius 2 is 2.19 bits per heavy atom. The highest BCUT2D eigenvalue weighted by molar-refractivity contribution is 5.91. The smallest absolute Gasteiger partial charge is 0.272 e. The summed E-state index contributed by atoms with van der Waals surface area (Å²) in [7, 11) is 1.51. The van der Waals surface area contributed by atoms with Crippen molar-refractivity contribution in [1.29, 1.82) is 0 Å². The van der Waals surface area contributed by atoms with Crippen LogP contribution in [0, 0.1) is 0 Å². The van der Waals surface area contributed by atoms with Crippen LogP contribution in [0.3, 0.4) is 0 Å². The van der Waals surface area contributed by atoms with Crippen molar-refractivity contribution in [2.45, 2.75) is 25.3 Å². The molecule has 0 aliphatic heterocycles. The van der Waals surface area contributed by atoms with Gasteiger partial charge in [-0.15, -0.1) is 0 Å². The van der Waals surface area contributed by atoms with Gasteiger partial charge in [0.2, 0.25) is 0 Å². The number of nitrogens with zero attached hydrogens (tertiary/aromatic N) is 4. The molecule has 0 bridgehead atoms. The molecular formula is C14H15N5O2. The lowest BCUT2D eigenvalue weighted by molar-refractivity contribution is 0.0943. The molecule has 0 saturated heterocycles. The molecular weight excluding hydrogens is 270 g/mol. The van der Waals surface area contributed by atoms with E-state index >= 15 is 0 Å². The maximum absolute atomic E-state index is 12.0. The van der Waals surface area contributed by atoms with Gasteiger partial charge in [-0.25, -0.2) is 14.6 Å². The molecule has 0 atom stereocenters. The quantitative estimate of drug-likeness (QED) is 0.877. The van der Waals surface area contributed by atoms with Crippen LogP contribution in [0.4, 0.5) is 0 Å². The summed E-state index contributed by atoms with van der Waals surface area (Å²) in [6.45, 7) is 0.311. The largest absolute Gasteiger partial charge is 0.345 e. The number of hydrogen-bond donors (Lipinski definition) is 1. The molecule has 1 fully saturated rings. The monoisotopic (exact) mass is 285 g/mol. The minimum atomic E-state index is -0.336. The first-order chi connectivity index (χ1) is 10.1. The Hall–Kier alpha value is -2.57. The molecule has 0 unspecified atom stereocenters. The molecule has 1 saturated carbocycles. The fourth-order valence-electron chi connectivity index (χ4n) is 2.00. The molecule has 0 radical (unpaired) electrons. The third kappa shape index (κ3) is 3.13. The van der Waals surface area contributed by atoms with Crippen molar-refractivity contribution >= 4 is 5.91 Å². The van der Waals surface area contributed by atoms with Crippen LogP contribution in [0.25, 0.3) is 0 Å². The molecule has 108 valence electrons. The van der Waals surface area contributed by atoms with Crippen molar-refractivity contribution in [3.05, 3.63) is 52.0 Å². The van der Waals surface area contributed by atoms with E-state index < -0.39 is 0 Å². The van der Waals surface area contributed by atoms with Crippen molar-refractivity contribution in [3.8, 4) is 0 Å². The van der Waals surface area contributed by atoms with Gasteiger partial charge in [-0.3, -0.25) is 9.59 Å². The first kappa shape index (κ1) is 13.4. The van der Waals surface area contributed by atoms with Crippen LogP contribution in [0.15, 0.2) is 29.3 Å². The summed E-state index contributed by atoms with van der Waals surface area (Å²) in [5, 5.41) is 6.64. The van der Waals surface area contributed by atoms with Gasteiger partial charge in [0.15, 0.2) is 0 Å². The SMILES string of the molecule is Cn1nc(C(=O)NCc2cc(C3CC3)ncn2)ccc1=O. The number of amides is 1. The van der Waals surface area contributed by atoms with E-state index in [9.17, 15) is 9.59 Å². The lowest BCUT2D eigenvalue weighted by atomic mass is 10.2. The lowest BCUT2D eigenvalue weighted by Crippen LogP contribution is -2.28. The Bertz CT molecular complexity index is 736. The first-order valence-electron chi connectivity index (χ1n) is 6.77. The minimum Gasteiger partial charge on any atom is -0.345 e. The minimum absolute atomic E-state index is 0.202. The molecule has 0 aromatic carbocycles. The summed E-state index contributed by atoms with van der Waals surface area (Å²) >= 11 is 0. The van der Waals surface area contributed by atoms with Crippen molar-refractivity contribution < 1.29 is 4.79 Å². The Morgan fingerprint density at radius 1 is 1.38 bits per heavy atom. The fourth-order valence-corrected chi connectivity index (χ4v) is 2.00. The van der Waals surface area contributed by atoms with E-state index in [1.165, 1.54) is 38.3 Å². The fraction of sp³-hybridized carbons (Fsp3) is 0.357. The number of aryl methyl sites for hydroxylation is 1. The molecule has 3 rings (SSSR count). The van der Waals surface area contributed by atoms with Gasteiger partial charge >= 0.3 is 0 Å². The molecule has 2 heterocycles. The van der Waals surface area contributed by atoms with Gasteiger partial charge in [-0.05, 0) is 25.0 Å². The predicted molar refractivity (Wildman–Crippen MR) is 74.7 cm³/mol. The number of rotatable bonds is 4. The molecule has 1 aliphatic rings. The highest BCUT2D eigenvalue weighted by Gasteiger charge is 2.25. The van der Waals surface area contributed by atoms with Crippen LogP contribution in [0.2, 0.25) is 0 Å². The zero-order valence-electron chi connectivity index (χ0n) is 11.6. The zero-order chi connectivity index (χ0) is 14.8. The Kier molecular flexibility index (Phi) is 3.47. The van der Waals surface area contributed by atoms with E-state index in [1.807, 2.05) is 6.07 Å². The summed E-state index contributed by atoms with van der Waals surface area (Å²) < 4.78 is 1.13. The maximum atomic E-state index is 12.0. The summed E-state index contributed by atoms with van der Waals surface area (Å²) in [6.07, 6.45) is 3.87. The van der Waals surface area contributed by atoms with Crippen molar-refractivity contribution in [2.24, 2.45) is 7.05 Å². The van der Waals surface area contributed by atoms with Crippen LogP contribution < -0.4 is 10.9 Å². The summed E-state index contributed by atoms with van der Waals surface area (Å²) in [5.74, 6) is 0.213. The highest BCUT2D eigenvalue weighted by atomic mass is 16.2. The van der Waals surface area contributed by atoms with Gasteiger partial charge < -0.3 is 5.32 Å². The van der Waals surface area contributed by atoms with Crippen LogP contribution in [0.1, 0.15) is 40.6 Å². The summed E-state index contributed by atoms with van der Waals surface area (Å²) in [4.78, 5) is 31.6. The third-order valence-corrected chi connectivity index (χ3v) is 3.36. The second kappa shape index (κ2) is 5.43. The Morgan fingerprint density at radius 3 is 2.90 bits per heavy atom. The topological polar surface area (TPSA) is 89.8 Å². The van der Waals surface area contributed by atoms with Crippen LogP contribution in [-0.2, 0) is 13.6 Å². The van der Waals surface area contributed by atoms with Crippen LogP contribution >= 0.6 is 0 Å². The molecule has 0 spiro atoms. The standard InChI is InChI=1S/C14H15N5O2/c1-19-13(20)5-4-11(18-19)14(21)15-7-10-6-12(9-2-3-9)17-8-16-10/h4-6,8-9H,2-3,7H2,1H3,(H,15,21). The van der Waals surface area contributed by atoms with E-state index in [1.54, 1.807) is 0 Å². The second-order valence-corrected chi connectivity index (χ2v) is 5.07. The molecule has 7 nitrogen and oxygen atoms in total. The van der Waals surface area contributed by atoms with Gasteiger partial charge in [-0.2, -0.15) is 5.10 Å². The normalized spacial score (nSPS) is 14.0. The molecule has 2 aromatic rings. The van der Waals surface area contributed by atoms with Crippen molar-refractivity contribution in [1.82, 2.24) is 25.1 Å². The maximum Gasteiger partial charge on any atom is 0.272 e. The van der Waals surface area contributed by atoms with Gasteiger partial charge in [0.05, 0.1) is 12.2 Å². The van der Waals surface area contributed by atoms with E-state index in [4.69, 9.17) is 0 Å². The molecule has 1 amide bonds. The number of carbonyl (C=O) groups is 1. The van der Waals surface area contributed by atoms with Crippen LogP contribution in [-0.4, -0.2) is 25.7 Å². The van der Waals surface area contributed by atoms with Gasteiger partial charge in [0, 0.05) is 24.7 Å². The number of aromatic nitrogens is 4. The number of nitrogens with one attached hydrogen (secondary N) is 1. The van der Waals surface area contributed by atoms with Crippen LogP contribution in [0.5, 0.6) is 0 Å². The summed E-state index contributed by atoms with van der Waals surface area (Å²) in [6, 6.07) is 4.65. The number of carbonyl (C=O) groups excluding carboxylic acids is 1. The molecule has 1 N–H and O–H groups in total. The molecule has 21 heavy (non-hydrogen) atoms.